The van der Waals surface area contributed by atoms with Crippen LogP contribution in [0.4, 0.5) is 4.79 Å². The van der Waals surface area contributed by atoms with Gasteiger partial charge in [-0.05, 0) is 74.1 Å². The summed E-state index contributed by atoms with van der Waals surface area (Å²) < 4.78 is 17.1. The first-order chi connectivity index (χ1) is 20.0. The van der Waals surface area contributed by atoms with Gasteiger partial charge in [-0.15, -0.1) is 5.92 Å². The Balaban J connectivity index is 1.30. The van der Waals surface area contributed by atoms with Crippen LogP contribution < -0.4 is 4.74 Å². The largest absolute Gasteiger partial charge is 0.490 e. The highest BCUT2D eigenvalue weighted by Crippen LogP contribution is 2.40. The zero-order chi connectivity index (χ0) is 28.8. The second kappa shape index (κ2) is 13.6. The molecule has 1 saturated heterocycles. The van der Waals surface area contributed by atoms with Crippen molar-refractivity contribution in [1.82, 2.24) is 14.8 Å². The number of hydrogen-bond acceptors (Lipinski definition) is 6. The second-order valence-corrected chi connectivity index (χ2v) is 11.0. The summed E-state index contributed by atoms with van der Waals surface area (Å²) in [7, 11) is 1.64. The molecule has 5 rings (SSSR count). The molecule has 0 radical (unpaired) electrons. The van der Waals surface area contributed by atoms with Crippen LogP contribution in [0, 0.1) is 11.8 Å². The summed E-state index contributed by atoms with van der Waals surface area (Å²) in [4.78, 5) is 20.9. The number of nitrogens with one attached hydrogen (secondary N) is 1. The molecule has 218 valence electrons. The average molecular weight is 580 g/mol. The number of rotatable bonds is 9. The number of methoxy groups -OCH3 is 1. The van der Waals surface area contributed by atoms with Gasteiger partial charge < -0.3 is 29.2 Å². The predicted octanol–water partition coefficient (Wildman–Crippen LogP) is 5.17. The van der Waals surface area contributed by atoms with Crippen molar-refractivity contribution in [3.8, 4) is 17.6 Å². The molecule has 0 spiro atoms. The summed E-state index contributed by atoms with van der Waals surface area (Å²) in [6, 6.07) is 13.6. The summed E-state index contributed by atoms with van der Waals surface area (Å²) in [6.07, 6.45) is 3.08. The Bertz CT molecular complexity index is 1380. The van der Waals surface area contributed by atoms with Crippen LogP contribution in [0.25, 0.3) is 10.9 Å². The number of halogens is 1. The van der Waals surface area contributed by atoms with Crippen molar-refractivity contribution in [3.05, 3.63) is 64.3 Å². The van der Waals surface area contributed by atoms with E-state index in [2.05, 4.69) is 21.7 Å². The number of aromatic nitrogens is 1. The average Bonchev–Trinajstić information content (AvgIpc) is 3.36. The van der Waals surface area contributed by atoms with Gasteiger partial charge in [0.1, 0.15) is 17.9 Å². The van der Waals surface area contributed by atoms with E-state index in [0.717, 1.165) is 66.8 Å². The van der Waals surface area contributed by atoms with Gasteiger partial charge in [0.25, 0.3) is 0 Å². The quantitative estimate of drug-likeness (QED) is 0.340. The number of aliphatic hydroxyl groups excluding tert-OH is 1. The van der Waals surface area contributed by atoms with E-state index in [1.165, 1.54) is 5.56 Å². The minimum Gasteiger partial charge on any atom is -0.490 e. The molecule has 0 bridgehead atoms. The monoisotopic (exact) mass is 579 g/mol. The summed E-state index contributed by atoms with van der Waals surface area (Å²) in [6.45, 7) is 5.19. The first-order valence-corrected chi connectivity index (χ1v) is 14.6. The van der Waals surface area contributed by atoms with E-state index >= 15 is 0 Å². The molecule has 8 nitrogen and oxygen atoms in total. The minimum atomic E-state index is -0.386. The molecule has 2 atom stereocenters. The molecule has 2 aliphatic heterocycles. The second-order valence-electron chi connectivity index (χ2n) is 10.6. The molecule has 41 heavy (non-hydrogen) atoms. The fraction of sp³-hybridized carbons (Fsp3) is 0.469. The molecule has 3 heterocycles. The van der Waals surface area contributed by atoms with Crippen molar-refractivity contribution in [3.63, 3.8) is 0 Å². The van der Waals surface area contributed by atoms with Crippen molar-refractivity contribution in [2.24, 2.45) is 0 Å². The number of amides is 1. The van der Waals surface area contributed by atoms with Gasteiger partial charge >= 0.3 is 6.09 Å². The number of aliphatic hydroxyl groups is 1. The van der Waals surface area contributed by atoms with Crippen LogP contribution in [0.15, 0.2) is 42.5 Å². The van der Waals surface area contributed by atoms with E-state index < -0.39 is 0 Å². The molecular formula is C32H38ClN3O5. The Labute approximate surface area is 246 Å². The highest BCUT2D eigenvalue weighted by molar-refractivity contribution is 6.31. The number of hydrogen-bond donors (Lipinski definition) is 2. The van der Waals surface area contributed by atoms with Gasteiger partial charge in [-0.3, -0.25) is 4.90 Å². The van der Waals surface area contributed by atoms with Crippen molar-refractivity contribution in [2.75, 3.05) is 46.5 Å². The molecule has 3 aromatic rings. The van der Waals surface area contributed by atoms with Gasteiger partial charge in [0.15, 0.2) is 6.61 Å². The Hall–Kier alpha value is -3.22. The minimum absolute atomic E-state index is 0.0510. The van der Waals surface area contributed by atoms with Crippen LogP contribution in [0.2, 0.25) is 5.02 Å². The molecular weight excluding hydrogens is 542 g/mol. The van der Waals surface area contributed by atoms with Crippen molar-refractivity contribution < 1.29 is 24.1 Å². The maximum atomic E-state index is 13.2. The lowest BCUT2D eigenvalue weighted by molar-refractivity contribution is 0.0291. The number of aromatic amines is 1. The van der Waals surface area contributed by atoms with Crippen LogP contribution >= 0.6 is 11.6 Å². The number of H-pyrrole nitrogens is 1. The maximum Gasteiger partial charge on any atom is 0.411 e. The molecule has 1 amide bonds. The van der Waals surface area contributed by atoms with Crippen LogP contribution in [-0.4, -0.2) is 84.7 Å². The SMILES string of the molecule is CC#CCOC(=O)N1CCc2c([nH]c3ccc(Cl)cc23)C1c1ccc(OC2CCN(CCC(CO)OC)CC2)cc1. The number of nitrogens with zero attached hydrogens (tertiary/aromatic N) is 2. The molecule has 2 N–H and O–H groups in total. The lowest BCUT2D eigenvalue weighted by Crippen LogP contribution is -2.41. The van der Waals surface area contributed by atoms with Gasteiger partial charge in [0, 0.05) is 54.9 Å². The summed E-state index contributed by atoms with van der Waals surface area (Å²) in [5, 5.41) is 11.1. The van der Waals surface area contributed by atoms with E-state index in [4.69, 9.17) is 25.8 Å². The van der Waals surface area contributed by atoms with Crippen molar-refractivity contribution >= 4 is 28.6 Å². The molecule has 2 aromatic carbocycles. The fourth-order valence-corrected chi connectivity index (χ4v) is 6.01. The maximum absolute atomic E-state index is 13.2. The Morgan fingerprint density at radius 2 is 1.95 bits per heavy atom. The van der Waals surface area contributed by atoms with E-state index in [0.29, 0.717) is 18.0 Å². The number of benzene rings is 2. The smallest absolute Gasteiger partial charge is 0.411 e. The Morgan fingerprint density at radius 3 is 2.66 bits per heavy atom. The van der Waals surface area contributed by atoms with E-state index in [-0.39, 0.29) is 37.6 Å². The number of carbonyl (C=O) groups is 1. The zero-order valence-electron chi connectivity index (χ0n) is 23.7. The molecule has 2 unspecified atom stereocenters. The van der Waals surface area contributed by atoms with Gasteiger partial charge in [0.05, 0.1) is 12.7 Å². The van der Waals surface area contributed by atoms with Crippen LogP contribution in [0.1, 0.15) is 49.0 Å². The highest BCUT2D eigenvalue weighted by Gasteiger charge is 2.35. The van der Waals surface area contributed by atoms with Gasteiger partial charge in [-0.1, -0.05) is 29.7 Å². The summed E-state index contributed by atoms with van der Waals surface area (Å²) in [5.41, 5.74) is 4.12. The third-order valence-electron chi connectivity index (χ3n) is 8.11. The van der Waals surface area contributed by atoms with Crippen LogP contribution in [0.5, 0.6) is 5.75 Å². The van der Waals surface area contributed by atoms with Gasteiger partial charge in [-0.25, -0.2) is 4.79 Å². The number of carbonyl (C=O) groups excluding carboxylic acids is 1. The molecule has 0 aliphatic carbocycles. The number of likely N-dealkylation sites (tertiary alicyclic amines) is 1. The first-order valence-electron chi connectivity index (χ1n) is 14.3. The van der Waals surface area contributed by atoms with Gasteiger partial charge in [0.2, 0.25) is 0 Å². The zero-order valence-corrected chi connectivity index (χ0v) is 24.5. The van der Waals surface area contributed by atoms with E-state index in [9.17, 15) is 9.90 Å². The van der Waals surface area contributed by atoms with Crippen LogP contribution in [-0.2, 0) is 15.9 Å². The van der Waals surface area contributed by atoms with Gasteiger partial charge in [-0.2, -0.15) is 0 Å². The molecule has 1 fully saturated rings. The van der Waals surface area contributed by atoms with Crippen molar-refractivity contribution in [2.45, 2.75) is 50.9 Å². The normalized spacial score (nSPS) is 18.4. The van der Waals surface area contributed by atoms with Crippen LogP contribution in [0.3, 0.4) is 0 Å². The summed E-state index contributed by atoms with van der Waals surface area (Å²) >= 11 is 6.33. The third-order valence-corrected chi connectivity index (χ3v) is 8.34. The lowest BCUT2D eigenvalue weighted by atomic mass is 9.92. The van der Waals surface area contributed by atoms with Crippen molar-refractivity contribution in [1.29, 1.82) is 0 Å². The van der Waals surface area contributed by atoms with E-state index in [1.54, 1.807) is 18.9 Å². The summed E-state index contributed by atoms with van der Waals surface area (Å²) in [5.74, 6) is 6.40. The topological polar surface area (TPSA) is 87.3 Å². The number of piperidine rings is 1. The number of ether oxygens (including phenoxy) is 3. The Morgan fingerprint density at radius 1 is 1.17 bits per heavy atom. The molecule has 1 aromatic heterocycles. The highest BCUT2D eigenvalue weighted by atomic mass is 35.5. The van der Waals surface area contributed by atoms with E-state index in [1.807, 2.05) is 42.5 Å². The Kier molecular flexibility index (Phi) is 9.73. The lowest BCUT2D eigenvalue weighted by Gasteiger charge is -2.35. The fourth-order valence-electron chi connectivity index (χ4n) is 5.84. The predicted molar refractivity (Wildman–Crippen MR) is 159 cm³/mol. The third kappa shape index (κ3) is 6.82. The molecule has 0 saturated carbocycles. The number of fused-ring (bicyclic) bond motifs is 3. The standard InChI is InChI=1S/C32H38ClN3O5/c1-3-4-19-40-32(38)36-18-14-27-28-20-23(33)7-10-29(28)34-30(27)31(36)22-5-8-24(9-6-22)41-25-11-15-35(16-12-25)17-13-26(21-37)39-2/h5-10,20,25-26,31,34,37H,11-19,21H2,1-2H3. The molecule has 2 aliphatic rings. The first kappa shape index (κ1) is 29.3. The molecule has 9 heteroatoms.